The highest BCUT2D eigenvalue weighted by molar-refractivity contribution is 7.98. The van der Waals surface area contributed by atoms with Gasteiger partial charge in [0.1, 0.15) is 5.75 Å². The molecule has 0 aliphatic rings. The molecule has 0 saturated heterocycles. The number of para-hydroxylation sites is 2. The lowest BCUT2D eigenvalue weighted by molar-refractivity contribution is 0.245. The van der Waals surface area contributed by atoms with Crippen LogP contribution in [0.2, 0.25) is 0 Å². The van der Waals surface area contributed by atoms with E-state index < -0.39 is 0 Å². The Bertz CT molecular complexity index is 937. The summed E-state index contributed by atoms with van der Waals surface area (Å²) < 4.78 is 7.95. The topological polar surface area (TPSA) is 42.3 Å². The number of anilines is 2. The Hall–Kier alpha value is -1.87. The Labute approximate surface area is 173 Å². The third-order valence-electron chi connectivity index (χ3n) is 3.94. The van der Waals surface area contributed by atoms with Crippen molar-refractivity contribution in [3.63, 3.8) is 0 Å². The van der Waals surface area contributed by atoms with Gasteiger partial charge < -0.3 is 10.1 Å². The Morgan fingerprint density at radius 2 is 1.96 bits per heavy atom. The van der Waals surface area contributed by atoms with Gasteiger partial charge in [-0.1, -0.05) is 35.6 Å². The first-order valence-corrected chi connectivity index (χ1v) is 10.8. The minimum atomic E-state index is 0.632. The zero-order valence-electron chi connectivity index (χ0n) is 15.5. The number of ether oxygens (including phenoxy) is 1. The van der Waals surface area contributed by atoms with Crippen molar-refractivity contribution in [2.75, 3.05) is 25.7 Å². The van der Waals surface area contributed by atoms with E-state index in [0.29, 0.717) is 6.67 Å². The van der Waals surface area contributed by atoms with E-state index in [9.17, 15) is 0 Å². The number of benzene rings is 2. The second kappa shape index (κ2) is 9.36. The normalized spacial score (nSPS) is 11.0. The Morgan fingerprint density at radius 3 is 2.67 bits per heavy atom. The molecule has 0 aliphatic heterocycles. The first kappa shape index (κ1) is 19.9. The molecule has 1 aromatic heterocycles. The lowest BCUT2D eigenvalue weighted by atomic mass is 10.2. The molecule has 0 saturated carbocycles. The van der Waals surface area contributed by atoms with Crippen LogP contribution in [0.1, 0.15) is 5.56 Å². The summed E-state index contributed by atoms with van der Waals surface area (Å²) in [5.41, 5.74) is 2.14. The third-order valence-corrected chi connectivity index (χ3v) is 5.91. The van der Waals surface area contributed by atoms with Crippen molar-refractivity contribution in [3.8, 4) is 5.75 Å². The molecule has 2 aromatic carbocycles. The predicted molar refractivity (Wildman–Crippen MR) is 117 cm³/mol. The van der Waals surface area contributed by atoms with E-state index in [1.165, 1.54) is 21.8 Å². The molecule has 3 rings (SSSR count). The molecule has 0 bridgehead atoms. The molecule has 0 spiro atoms. The molecular weight excluding hydrogens is 396 g/mol. The number of rotatable bonds is 8. The van der Waals surface area contributed by atoms with E-state index in [2.05, 4.69) is 52.9 Å². The fraction of sp³-hybridized carbons (Fsp3) is 0.263. The summed E-state index contributed by atoms with van der Waals surface area (Å²) in [7, 11) is 3.72. The predicted octanol–water partition coefficient (Wildman–Crippen LogP) is 5.24. The van der Waals surface area contributed by atoms with Crippen LogP contribution < -0.4 is 10.1 Å². The van der Waals surface area contributed by atoms with Gasteiger partial charge in [-0.2, -0.15) is 0 Å². The number of nitrogens with zero attached hydrogens (tertiary/aromatic N) is 3. The molecule has 27 heavy (non-hydrogen) atoms. The van der Waals surface area contributed by atoms with Crippen LogP contribution in [0.3, 0.4) is 0 Å². The summed E-state index contributed by atoms with van der Waals surface area (Å²) in [4.78, 5) is 3.46. The lowest BCUT2D eigenvalue weighted by Crippen LogP contribution is -2.22. The molecule has 0 unspecified atom stereocenters. The molecule has 5 nitrogen and oxygen atoms in total. The van der Waals surface area contributed by atoms with Crippen LogP contribution in [0.4, 0.5) is 10.8 Å². The number of nitrogens with one attached hydrogen (secondary N) is 1. The van der Waals surface area contributed by atoms with Gasteiger partial charge in [0, 0.05) is 11.4 Å². The Morgan fingerprint density at radius 1 is 1.22 bits per heavy atom. The van der Waals surface area contributed by atoms with Crippen molar-refractivity contribution >= 4 is 46.1 Å². The largest absolute Gasteiger partial charge is 0.495 e. The average molecular weight is 419 g/mol. The molecular formula is C19H22N4OS3. The third kappa shape index (κ3) is 5.32. The van der Waals surface area contributed by atoms with Crippen LogP contribution >= 0.6 is 35.3 Å². The summed E-state index contributed by atoms with van der Waals surface area (Å²) in [5, 5.41) is 8.66. The van der Waals surface area contributed by atoms with Gasteiger partial charge >= 0.3 is 0 Å². The zero-order chi connectivity index (χ0) is 19.2. The van der Waals surface area contributed by atoms with Gasteiger partial charge in [-0.15, -0.1) is 16.9 Å². The van der Waals surface area contributed by atoms with Gasteiger partial charge in [0.2, 0.25) is 5.13 Å². The number of thioether (sulfide) groups is 1. The minimum absolute atomic E-state index is 0.632. The van der Waals surface area contributed by atoms with E-state index in [1.54, 1.807) is 18.9 Å². The van der Waals surface area contributed by atoms with Gasteiger partial charge in [-0.3, -0.25) is 4.90 Å². The molecule has 0 amide bonds. The quantitative estimate of drug-likeness (QED) is 0.399. The maximum atomic E-state index is 5.48. The summed E-state index contributed by atoms with van der Waals surface area (Å²) in [5.74, 6) is 0.774. The van der Waals surface area contributed by atoms with Crippen molar-refractivity contribution in [1.29, 1.82) is 0 Å². The van der Waals surface area contributed by atoms with Gasteiger partial charge in [0.25, 0.3) is 0 Å². The van der Waals surface area contributed by atoms with Crippen molar-refractivity contribution in [2.45, 2.75) is 18.1 Å². The second-order valence-corrected chi connectivity index (χ2v) is 8.50. The van der Waals surface area contributed by atoms with Crippen LogP contribution in [-0.2, 0) is 13.2 Å². The maximum Gasteiger partial charge on any atom is 0.209 e. The summed E-state index contributed by atoms with van der Waals surface area (Å²) >= 11 is 8.69. The van der Waals surface area contributed by atoms with Crippen LogP contribution in [0, 0.1) is 3.95 Å². The lowest BCUT2D eigenvalue weighted by Gasteiger charge is -2.16. The fourth-order valence-corrected chi connectivity index (χ4v) is 4.04. The number of hydrogen-bond acceptors (Lipinski definition) is 7. The first-order valence-electron chi connectivity index (χ1n) is 8.38. The van der Waals surface area contributed by atoms with E-state index in [1.807, 2.05) is 28.9 Å². The summed E-state index contributed by atoms with van der Waals surface area (Å²) in [6.45, 7) is 1.47. The number of aromatic nitrogens is 2. The van der Waals surface area contributed by atoms with Crippen molar-refractivity contribution < 1.29 is 4.74 Å². The molecule has 0 radical (unpaired) electrons. The molecule has 1 heterocycles. The SMILES string of the molecule is COc1ccccc1Nc1nn(CN(C)Cc2ccc(SC)cc2)c(=S)s1. The summed E-state index contributed by atoms with van der Waals surface area (Å²) in [6.07, 6.45) is 2.09. The summed E-state index contributed by atoms with van der Waals surface area (Å²) in [6, 6.07) is 16.4. The fourth-order valence-electron chi connectivity index (χ4n) is 2.63. The Kier molecular flexibility index (Phi) is 6.89. The smallest absolute Gasteiger partial charge is 0.209 e. The maximum absolute atomic E-state index is 5.48. The highest BCUT2D eigenvalue weighted by Crippen LogP contribution is 2.28. The standard InChI is InChI=1S/C19H22N4OS3/c1-22(12-14-8-10-15(26-3)11-9-14)13-23-19(25)27-18(21-23)20-16-6-4-5-7-17(16)24-2/h4-11H,12-13H2,1-3H3,(H,20,21). The molecule has 1 N–H and O–H groups in total. The highest BCUT2D eigenvalue weighted by Gasteiger charge is 2.09. The van der Waals surface area contributed by atoms with E-state index >= 15 is 0 Å². The molecule has 0 fully saturated rings. The average Bonchev–Trinajstić information content (AvgIpc) is 3.01. The van der Waals surface area contributed by atoms with Crippen LogP contribution in [0.25, 0.3) is 0 Å². The number of methoxy groups -OCH3 is 1. The van der Waals surface area contributed by atoms with Gasteiger partial charge in [0.05, 0.1) is 19.5 Å². The van der Waals surface area contributed by atoms with Gasteiger partial charge in [-0.25, -0.2) is 4.68 Å². The monoisotopic (exact) mass is 418 g/mol. The molecule has 3 aromatic rings. The molecule has 142 valence electrons. The van der Waals surface area contributed by atoms with E-state index in [0.717, 1.165) is 27.1 Å². The van der Waals surface area contributed by atoms with Crippen LogP contribution in [-0.4, -0.2) is 35.1 Å². The second-order valence-electron chi connectivity index (χ2n) is 6.00. The van der Waals surface area contributed by atoms with Crippen molar-refractivity contribution in [3.05, 3.63) is 58.0 Å². The first-order chi connectivity index (χ1) is 13.1. The van der Waals surface area contributed by atoms with Crippen molar-refractivity contribution in [2.24, 2.45) is 0 Å². The van der Waals surface area contributed by atoms with Gasteiger partial charge in [0.15, 0.2) is 3.95 Å². The molecule has 0 atom stereocenters. The van der Waals surface area contributed by atoms with Crippen LogP contribution in [0.15, 0.2) is 53.4 Å². The molecule has 8 heteroatoms. The molecule has 0 aliphatic carbocycles. The highest BCUT2D eigenvalue weighted by atomic mass is 32.2. The Balaban J connectivity index is 1.66. The van der Waals surface area contributed by atoms with E-state index in [-0.39, 0.29) is 0 Å². The number of hydrogen-bond donors (Lipinski definition) is 1. The minimum Gasteiger partial charge on any atom is -0.495 e. The van der Waals surface area contributed by atoms with E-state index in [4.69, 9.17) is 17.0 Å². The van der Waals surface area contributed by atoms with Crippen LogP contribution in [0.5, 0.6) is 5.75 Å². The van der Waals surface area contributed by atoms with Gasteiger partial charge in [-0.05, 0) is 55.4 Å². The zero-order valence-corrected chi connectivity index (χ0v) is 18.0. The van der Waals surface area contributed by atoms with Crippen molar-refractivity contribution in [1.82, 2.24) is 14.7 Å².